The van der Waals surface area contributed by atoms with Gasteiger partial charge >= 0.3 is 5.97 Å². The first-order valence-corrected chi connectivity index (χ1v) is 4.67. The van der Waals surface area contributed by atoms with Crippen molar-refractivity contribution in [2.24, 2.45) is 11.3 Å². The molecule has 1 N–H and O–H groups in total. The molecule has 0 aliphatic carbocycles. The lowest BCUT2D eigenvalue weighted by atomic mass is 9.81. The van der Waals surface area contributed by atoms with Crippen LogP contribution in [0.2, 0.25) is 0 Å². The van der Waals surface area contributed by atoms with E-state index >= 15 is 0 Å². The zero-order valence-electron chi connectivity index (χ0n) is 8.55. The maximum Gasteiger partial charge on any atom is 0.309 e. The quantitative estimate of drug-likeness (QED) is 0.692. The number of carboxylic acids is 1. The number of carbonyl (C=O) groups is 1. The van der Waals surface area contributed by atoms with Gasteiger partial charge in [0.1, 0.15) is 0 Å². The Morgan fingerprint density at radius 1 is 1.33 bits per heavy atom. The molecule has 2 heteroatoms. The first kappa shape index (κ1) is 11.5. The molecule has 0 atom stereocenters. The van der Waals surface area contributed by atoms with Gasteiger partial charge in [-0.1, -0.05) is 26.7 Å². The van der Waals surface area contributed by atoms with Crippen LogP contribution in [-0.2, 0) is 4.79 Å². The molecule has 0 heterocycles. The summed E-state index contributed by atoms with van der Waals surface area (Å²) in [6.45, 7) is 7.83. The number of aliphatic carboxylic acids is 1. The molecule has 0 rings (SSSR count). The van der Waals surface area contributed by atoms with Crippen molar-refractivity contribution in [2.45, 2.75) is 47.0 Å². The molecule has 72 valence electrons. The van der Waals surface area contributed by atoms with Crippen molar-refractivity contribution in [3.8, 4) is 0 Å². The van der Waals surface area contributed by atoms with E-state index in [2.05, 4.69) is 13.8 Å². The van der Waals surface area contributed by atoms with E-state index in [0.29, 0.717) is 5.92 Å². The Morgan fingerprint density at radius 2 is 1.75 bits per heavy atom. The van der Waals surface area contributed by atoms with Gasteiger partial charge in [-0.3, -0.25) is 4.79 Å². The van der Waals surface area contributed by atoms with Gasteiger partial charge in [-0.05, 0) is 26.2 Å². The minimum absolute atomic E-state index is 0.552. The Bertz CT molecular complexity index is 146. The van der Waals surface area contributed by atoms with Gasteiger partial charge in [0.05, 0.1) is 5.41 Å². The minimum Gasteiger partial charge on any atom is -0.481 e. The Morgan fingerprint density at radius 3 is 2.00 bits per heavy atom. The predicted octanol–water partition coefficient (Wildman–Crippen LogP) is 2.92. The zero-order chi connectivity index (χ0) is 9.78. The zero-order valence-corrected chi connectivity index (χ0v) is 8.55. The van der Waals surface area contributed by atoms with Crippen LogP contribution in [0.1, 0.15) is 47.0 Å². The number of carboxylic acid groups (broad SMARTS) is 1. The first-order chi connectivity index (χ1) is 5.44. The summed E-state index contributed by atoms with van der Waals surface area (Å²) in [4.78, 5) is 10.8. The third-order valence-electron chi connectivity index (χ3n) is 2.53. The molecule has 0 aromatic heterocycles. The second-order valence-corrected chi connectivity index (χ2v) is 4.08. The third-order valence-corrected chi connectivity index (χ3v) is 2.53. The van der Waals surface area contributed by atoms with E-state index in [1.165, 1.54) is 0 Å². The maximum atomic E-state index is 10.8. The van der Waals surface area contributed by atoms with Gasteiger partial charge in [0.2, 0.25) is 0 Å². The minimum atomic E-state index is -0.686. The lowest BCUT2D eigenvalue weighted by Gasteiger charge is -2.24. The van der Waals surface area contributed by atoms with Crippen molar-refractivity contribution in [2.75, 3.05) is 0 Å². The van der Waals surface area contributed by atoms with E-state index in [1.54, 1.807) is 13.8 Å². The maximum absolute atomic E-state index is 10.8. The second-order valence-electron chi connectivity index (χ2n) is 4.08. The summed E-state index contributed by atoms with van der Waals surface area (Å²) in [5.74, 6) is -0.134. The summed E-state index contributed by atoms with van der Waals surface area (Å²) in [6.07, 6.45) is 2.94. The van der Waals surface area contributed by atoms with Crippen LogP contribution in [0.4, 0.5) is 0 Å². The molecule has 0 aliphatic heterocycles. The van der Waals surface area contributed by atoms with E-state index in [-0.39, 0.29) is 0 Å². The SMILES string of the molecule is CCC(CC)CC(C)(C)C(=O)O. The fourth-order valence-corrected chi connectivity index (χ4v) is 1.39. The van der Waals surface area contributed by atoms with Gasteiger partial charge in [-0.2, -0.15) is 0 Å². The normalized spacial score (nSPS) is 12.1. The molecule has 0 amide bonds. The predicted molar refractivity (Wildman–Crippen MR) is 50.1 cm³/mol. The van der Waals surface area contributed by atoms with Crippen LogP contribution < -0.4 is 0 Å². The Labute approximate surface area is 75.0 Å². The van der Waals surface area contributed by atoms with Gasteiger partial charge in [0.25, 0.3) is 0 Å². The van der Waals surface area contributed by atoms with Crippen molar-refractivity contribution in [1.29, 1.82) is 0 Å². The lowest BCUT2D eigenvalue weighted by molar-refractivity contribution is -0.147. The van der Waals surface area contributed by atoms with Crippen molar-refractivity contribution >= 4 is 5.97 Å². The van der Waals surface area contributed by atoms with Crippen LogP contribution in [0.25, 0.3) is 0 Å². The molecule has 0 radical (unpaired) electrons. The Hall–Kier alpha value is -0.530. The van der Waals surface area contributed by atoms with Crippen LogP contribution in [0.15, 0.2) is 0 Å². The molecule has 2 nitrogen and oxygen atoms in total. The molecular weight excluding hydrogens is 152 g/mol. The van der Waals surface area contributed by atoms with Gasteiger partial charge in [0.15, 0.2) is 0 Å². The molecule has 0 aromatic rings. The summed E-state index contributed by atoms with van der Waals surface area (Å²) in [7, 11) is 0. The van der Waals surface area contributed by atoms with E-state index in [0.717, 1.165) is 19.3 Å². The molecule has 0 bridgehead atoms. The molecule has 0 spiro atoms. The highest BCUT2D eigenvalue weighted by atomic mass is 16.4. The van der Waals surface area contributed by atoms with E-state index in [1.807, 2.05) is 0 Å². The number of hydrogen-bond acceptors (Lipinski definition) is 1. The van der Waals surface area contributed by atoms with E-state index in [9.17, 15) is 4.79 Å². The van der Waals surface area contributed by atoms with Gasteiger partial charge in [-0.15, -0.1) is 0 Å². The van der Waals surface area contributed by atoms with E-state index < -0.39 is 11.4 Å². The topological polar surface area (TPSA) is 37.3 Å². The van der Waals surface area contributed by atoms with Crippen LogP contribution in [0, 0.1) is 11.3 Å². The molecule has 0 fully saturated rings. The highest BCUT2D eigenvalue weighted by Gasteiger charge is 2.29. The molecule has 0 saturated carbocycles. The average molecular weight is 172 g/mol. The number of rotatable bonds is 5. The monoisotopic (exact) mass is 172 g/mol. The van der Waals surface area contributed by atoms with Crippen LogP contribution in [-0.4, -0.2) is 11.1 Å². The molecule has 0 saturated heterocycles. The van der Waals surface area contributed by atoms with Crippen molar-refractivity contribution in [1.82, 2.24) is 0 Å². The molecular formula is C10H20O2. The third kappa shape index (κ3) is 3.24. The fraction of sp³-hybridized carbons (Fsp3) is 0.900. The molecule has 0 unspecified atom stereocenters. The van der Waals surface area contributed by atoms with Crippen LogP contribution in [0.5, 0.6) is 0 Å². The molecule has 12 heavy (non-hydrogen) atoms. The van der Waals surface area contributed by atoms with Gasteiger partial charge in [0, 0.05) is 0 Å². The van der Waals surface area contributed by atoms with Crippen molar-refractivity contribution < 1.29 is 9.90 Å². The van der Waals surface area contributed by atoms with Gasteiger partial charge in [-0.25, -0.2) is 0 Å². The smallest absolute Gasteiger partial charge is 0.309 e. The van der Waals surface area contributed by atoms with Crippen LogP contribution >= 0.6 is 0 Å². The standard InChI is InChI=1S/C10H20O2/c1-5-8(6-2)7-10(3,4)9(11)12/h8H,5-7H2,1-4H3,(H,11,12). The fourth-order valence-electron chi connectivity index (χ4n) is 1.39. The average Bonchev–Trinajstić information content (AvgIpc) is 2.00. The summed E-state index contributed by atoms with van der Waals surface area (Å²) in [5.41, 5.74) is -0.559. The summed E-state index contributed by atoms with van der Waals surface area (Å²) >= 11 is 0. The highest BCUT2D eigenvalue weighted by molar-refractivity contribution is 5.73. The Kier molecular flexibility index (Phi) is 4.29. The number of hydrogen-bond donors (Lipinski definition) is 1. The van der Waals surface area contributed by atoms with Crippen molar-refractivity contribution in [3.63, 3.8) is 0 Å². The van der Waals surface area contributed by atoms with Crippen LogP contribution in [0.3, 0.4) is 0 Å². The van der Waals surface area contributed by atoms with E-state index in [4.69, 9.17) is 5.11 Å². The summed E-state index contributed by atoms with van der Waals surface area (Å²) in [6, 6.07) is 0. The first-order valence-electron chi connectivity index (χ1n) is 4.67. The summed E-state index contributed by atoms with van der Waals surface area (Å²) in [5, 5.41) is 8.88. The van der Waals surface area contributed by atoms with Gasteiger partial charge < -0.3 is 5.11 Å². The highest BCUT2D eigenvalue weighted by Crippen LogP contribution is 2.28. The Balaban J connectivity index is 4.12. The van der Waals surface area contributed by atoms with Crippen molar-refractivity contribution in [3.05, 3.63) is 0 Å². The lowest BCUT2D eigenvalue weighted by Crippen LogP contribution is -2.26. The largest absolute Gasteiger partial charge is 0.481 e. The molecule has 0 aromatic carbocycles. The molecule has 0 aliphatic rings. The summed E-state index contributed by atoms with van der Waals surface area (Å²) < 4.78 is 0. The second kappa shape index (κ2) is 4.48.